The smallest absolute Gasteiger partial charge is 0.407 e. The SMILES string of the molecule is CC(C)(C)OC(=O)NCC(N)CC1CC1. The van der Waals surface area contributed by atoms with Crippen molar-refractivity contribution < 1.29 is 9.53 Å². The molecule has 1 unspecified atom stereocenters. The van der Waals surface area contributed by atoms with Crippen molar-refractivity contribution in [3.05, 3.63) is 0 Å². The molecular formula is C11H22N2O2. The van der Waals surface area contributed by atoms with Crippen LogP contribution in [0.4, 0.5) is 4.79 Å². The molecule has 0 bridgehead atoms. The maximum atomic E-state index is 11.3. The highest BCUT2D eigenvalue weighted by Crippen LogP contribution is 2.32. The van der Waals surface area contributed by atoms with E-state index in [2.05, 4.69) is 5.32 Å². The lowest BCUT2D eigenvalue weighted by Gasteiger charge is -2.20. The largest absolute Gasteiger partial charge is 0.444 e. The molecule has 0 aliphatic heterocycles. The van der Waals surface area contributed by atoms with Crippen LogP contribution in [0.1, 0.15) is 40.0 Å². The number of ether oxygens (including phenoxy) is 1. The van der Waals surface area contributed by atoms with Crippen molar-refractivity contribution in [1.82, 2.24) is 5.32 Å². The van der Waals surface area contributed by atoms with E-state index in [0.717, 1.165) is 12.3 Å². The summed E-state index contributed by atoms with van der Waals surface area (Å²) in [4.78, 5) is 11.3. The highest BCUT2D eigenvalue weighted by Gasteiger charge is 2.24. The molecule has 1 amide bonds. The van der Waals surface area contributed by atoms with Gasteiger partial charge in [-0.2, -0.15) is 0 Å². The first-order chi connectivity index (χ1) is 6.87. The van der Waals surface area contributed by atoms with Gasteiger partial charge in [0.15, 0.2) is 0 Å². The second-order valence-corrected chi connectivity index (χ2v) is 5.32. The fourth-order valence-electron chi connectivity index (χ4n) is 1.39. The molecule has 0 saturated heterocycles. The summed E-state index contributed by atoms with van der Waals surface area (Å²) in [6, 6.07) is 0.0602. The van der Waals surface area contributed by atoms with Crippen molar-refractivity contribution in [3.63, 3.8) is 0 Å². The van der Waals surface area contributed by atoms with E-state index in [1.54, 1.807) is 0 Å². The van der Waals surface area contributed by atoms with Gasteiger partial charge in [-0.25, -0.2) is 4.79 Å². The van der Waals surface area contributed by atoms with Gasteiger partial charge in [0, 0.05) is 12.6 Å². The van der Waals surface area contributed by atoms with Gasteiger partial charge in [0.05, 0.1) is 0 Å². The van der Waals surface area contributed by atoms with Crippen LogP contribution in [0.3, 0.4) is 0 Å². The highest BCUT2D eigenvalue weighted by atomic mass is 16.6. The molecule has 0 heterocycles. The van der Waals surface area contributed by atoms with Gasteiger partial charge in [-0.3, -0.25) is 0 Å². The molecular weight excluding hydrogens is 192 g/mol. The van der Waals surface area contributed by atoms with E-state index in [1.165, 1.54) is 12.8 Å². The molecule has 4 nitrogen and oxygen atoms in total. The first kappa shape index (κ1) is 12.3. The lowest BCUT2D eigenvalue weighted by molar-refractivity contribution is 0.0524. The second-order valence-electron chi connectivity index (χ2n) is 5.32. The van der Waals surface area contributed by atoms with Crippen molar-refractivity contribution in [2.75, 3.05) is 6.54 Å². The van der Waals surface area contributed by atoms with Crippen molar-refractivity contribution in [2.24, 2.45) is 11.7 Å². The van der Waals surface area contributed by atoms with Crippen LogP contribution in [0.2, 0.25) is 0 Å². The number of alkyl carbamates (subject to hydrolysis) is 1. The summed E-state index contributed by atoms with van der Waals surface area (Å²) in [5, 5.41) is 2.69. The summed E-state index contributed by atoms with van der Waals surface area (Å²) in [6.45, 7) is 6.04. The maximum Gasteiger partial charge on any atom is 0.407 e. The van der Waals surface area contributed by atoms with Gasteiger partial charge >= 0.3 is 6.09 Å². The number of nitrogens with one attached hydrogen (secondary N) is 1. The van der Waals surface area contributed by atoms with Crippen molar-refractivity contribution >= 4 is 6.09 Å². The van der Waals surface area contributed by atoms with Crippen LogP contribution >= 0.6 is 0 Å². The summed E-state index contributed by atoms with van der Waals surface area (Å²) in [7, 11) is 0. The average molecular weight is 214 g/mol. The van der Waals surface area contributed by atoms with Crippen LogP contribution in [0.5, 0.6) is 0 Å². The Kier molecular flexibility index (Phi) is 3.97. The van der Waals surface area contributed by atoms with Crippen LogP contribution in [0.15, 0.2) is 0 Å². The summed E-state index contributed by atoms with van der Waals surface area (Å²) >= 11 is 0. The second kappa shape index (κ2) is 4.84. The molecule has 0 radical (unpaired) electrons. The Morgan fingerprint density at radius 1 is 1.53 bits per heavy atom. The number of hydrogen-bond acceptors (Lipinski definition) is 3. The monoisotopic (exact) mass is 214 g/mol. The minimum Gasteiger partial charge on any atom is -0.444 e. The summed E-state index contributed by atoms with van der Waals surface area (Å²) in [5.41, 5.74) is 5.42. The van der Waals surface area contributed by atoms with Crippen molar-refractivity contribution in [2.45, 2.75) is 51.7 Å². The lowest BCUT2D eigenvalue weighted by Crippen LogP contribution is -2.40. The normalized spacial score (nSPS) is 18.4. The Bertz CT molecular complexity index is 219. The minimum absolute atomic E-state index is 0.0602. The highest BCUT2D eigenvalue weighted by molar-refractivity contribution is 5.67. The van der Waals surface area contributed by atoms with E-state index in [1.807, 2.05) is 20.8 Å². The van der Waals surface area contributed by atoms with Crippen LogP contribution in [0, 0.1) is 5.92 Å². The molecule has 0 aromatic carbocycles. The topological polar surface area (TPSA) is 64.3 Å². The number of carbonyl (C=O) groups is 1. The molecule has 1 fully saturated rings. The van der Waals surface area contributed by atoms with Gasteiger partial charge < -0.3 is 15.8 Å². The predicted molar refractivity (Wildman–Crippen MR) is 59.6 cm³/mol. The molecule has 1 atom stereocenters. The predicted octanol–water partition coefficient (Wildman–Crippen LogP) is 1.64. The fraction of sp³-hybridized carbons (Fsp3) is 0.909. The molecule has 0 aromatic rings. The summed E-state index contributed by atoms with van der Waals surface area (Å²) < 4.78 is 5.10. The van der Waals surface area contributed by atoms with E-state index in [-0.39, 0.29) is 12.1 Å². The summed E-state index contributed by atoms with van der Waals surface area (Å²) in [6.07, 6.45) is 3.21. The number of rotatable bonds is 4. The Hall–Kier alpha value is -0.770. The van der Waals surface area contributed by atoms with E-state index in [0.29, 0.717) is 6.54 Å². The molecule has 3 N–H and O–H groups in total. The minimum atomic E-state index is -0.440. The first-order valence-corrected chi connectivity index (χ1v) is 5.59. The molecule has 4 heteroatoms. The van der Waals surface area contributed by atoms with Gasteiger partial charge in [-0.15, -0.1) is 0 Å². The van der Waals surface area contributed by atoms with Gasteiger partial charge in [-0.05, 0) is 33.1 Å². The van der Waals surface area contributed by atoms with Crippen LogP contribution < -0.4 is 11.1 Å². The third-order valence-corrected chi connectivity index (χ3v) is 2.24. The van der Waals surface area contributed by atoms with Crippen molar-refractivity contribution in [3.8, 4) is 0 Å². The molecule has 15 heavy (non-hydrogen) atoms. The van der Waals surface area contributed by atoms with Gasteiger partial charge in [0.2, 0.25) is 0 Å². The zero-order chi connectivity index (χ0) is 11.5. The maximum absolute atomic E-state index is 11.3. The van der Waals surface area contributed by atoms with E-state index in [9.17, 15) is 4.79 Å². The Balaban J connectivity index is 2.09. The van der Waals surface area contributed by atoms with E-state index >= 15 is 0 Å². The standard InChI is InChI=1S/C11H22N2O2/c1-11(2,3)15-10(14)13-7-9(12)6-8-4-5-8/h8-9H,4-7,12H2,1-3H3,(H,13,14). The molecule has 88 valence electrons. The molecule has 1 rings (SSSR count). The molecule has 1 aliphatic rings. The van der Waals surface area contributed by atoms with Gasteiger partial charge in [0.1, 0.15) is 5.60 Å². The van der Waals surface area contributed by atoms with E-state index in [4.69, 9.17) is 10.5 Å². The fourth-order valence-corrected chi connectivity index (χ4v) is 1.39. The van der Waals surface area contributed by atoms with Gasteiger partial charge in [-0.1, -0.05) is 12.8 Å². The van der Waals surface area contributed by atoms with Crippen LogP contribution in [-0.2, 0) is 4.74 Å². The zero-order valence-electron chi connectivity index (χ0n) is 9.88. The average Bonchev–Trinajstić information content (AvgIpc) is 2.81. The third-order valence-electron chi connectivity index (χ3n) is 2.24. The number of hydrogen-bond donors (Lipinski definition) is 2. The third kappa shape index (κ3) is 6.33. The number of amides is 1. The molecule has 0 aromatic heterocycles. The lowest BCUT2D eigenvalue weighted by atomic mass is 10.1. The first-order valence-electron chi connectivity index (χ1n) is 5.59. The molecule has 0 spiro atoms. The Morgan fingerprint density at radius 3 is 2.60 bits per heavy atom. The summed E-state index contributed by atoms with van der Waals surface area (Å²) in [5.74, 6) is 0.792. The zero-order valence-corrected chi connectivity index (χ0v) is 9.88. The quantitative estimate of drug-likeness (QED) is 0.747. The molecule has 1 saturated carbocycles. The van der Waals surface area contributed by atoms with Crippen LogP contribution in [0.25, 0.3) is 0 Å². The van der Waals surface area contributed by atoms with E-state index < -0.39 is 5.60 Å². The van der Waals surface area contributed by atoms with Crippen molar-refractivity contribution in [1.29, 1.82) is 0 Å². The number of nitrogens with two attached hydrogens (primary N) is 1. The van der Waals surface area contributed by atoms with Gasteiger partial charge in [0.25, 0.3) is 0 Å². The Morgan fingerprint density at radius 2 is 2.13 bits per heavy atom. The number of carbonyl (C=O) groups excluding carboxylic acids is 1. The van der Waals surface area contributed by atoms with Crippen LogP contribution in [-0.4, -0.2) is 24.3 Å². The molecule has 1 aliphatic carbocycles. The Labute approximate surface area is 91.5 Å².